The predicted octanol–water partition coefficient (Wildman–Crippen LogP) is 0.781. The molecule has 0 bridgehead atoms. The third-order valence-corrected chi connectivity index (χ3v) is 2.47. The van der Waals surface area contributed by atoms with Gasteiger partial charge in [0.25, 0.3) is 11.6 Å². The zero-order valence-electron chi connectivity index (χ0n) is 11.2. The van der Waals surface area contributed by atoms with Gasteiger partial charge >= 0.3 is 0 Å². The number of nitro benzene ring substituents is 1. The van der Waals surface area contributed by atoms with Crippen LogP contribution in [0.4, 0.5) is 5.69 Å². The summed E-state index contributed by atoms with van der Waals surface area (Å²) in [6.07, 6.45) is 0. The highest BCUT2D eigenvalue weighted by molar-refractivity contribution is 5.77. The number of hydrogen-bond donors (Lipinski definition) is 1. The minimum atomic E-state index is -0.464. The van der Waals surface area contributed by atoms with Gasteiger partial charge < -0.3 is 15.0 Å². The normalized spacial score (nSPS) is 10.1. The van der Waals surface area contributed by atoms with Crippen LogP contribution in [0.1, 0.15) is 5.56 Å². The van der Waals surface area contributed by atoms with Crippen LogP contribution in [0.3, 0.4) is 0 Å². The lowest BCUT2D eigenvalue weighted by molar-refractivity contribution is -0.384. The number of ether oxygens (including phenoxy) is 1. The van der Waals surface area contributed by atoms with E-state index in [0.717, 1.165) is 0 Å². The van der Waals surface area contributed by atoms with E-state index in [1.807, 2.05) is 0 Å². The number of carbonyl (C=O) groups excluding carboxylic acids is 1. The monoisotopic (exact) mass is 267 g/mol. The van der Waals surface area contributed by atoms with Crippen molar-refractivity contribution >= 4 is 11.6 Å². The standard InChI is InChI=1S/C12H17N3O4/c1-13-7-9-6-10(15(17)18)4-5-11(9)19-8-12(16)14(2)3/h4-6,13H,7-8H2,1-3H3. The Labute approximate surface area is 111 Å². The first kappa shape index (κ1) is 14.9. The molecule has 0 saturated heterocycles. The van der Waals surface area contributed by atoms with Gasteiger partial charge in [-0.25, -0.2) is 0 Å². The molecular weight excluding hydrogens is 250 g/mol. The van der Waals surface area contributed by atoms with Crippen LogP contribution in [0, 0.1) is 10.1 Å². The number of nitrogens with one attached hydrogen (secondary N) is 1. The fourth-order valence-electron chi connectivity index (χ4n) is 1.42. The lowest BCUT2D eigenvalue weighted by atomic mass is 10.1. The number of benzene rings is 1. The van der Waals surface area contributed by atoms with Gasteiger partial charge in [-0.3, -0.25) is 14.9 Å². The number of rotatable bonds is 6. The molecule has 1 rings (SSSR count). The molecule has 1 amide bonds. The van der Waals surface area contributed by atoms with E-state index in [-0.39, 0.29) is 18.2 Å². The lowest BCUT2D eigenvalue weighted by Crippen LogP contribution is -2.27. The number of nitrogens with zero attached hydrogens (tertiary/aromatic N) is 2. The van der Waals surface area contributed by atoms with Crippen LogP contribution in [0.15, 0.2) is 18.2 Å². The van der Waals surface area contributed by atoms with Crippen LogP contribution in [0.5, 0.6) is 5.75 Å². The molecule has 0 spiro atoms. The maximum Gasteiger partial charge on any atom is 0.270 e. The Morgan fingerprint density at radius 3 is 2.68 bits per heavy atom. The average Bonchev–Trinajstić information content (AvgIpc) is 2.36. The van der Waals surface area contributed by atoms with Gasteiger partial charge in [0.05, 0.1) is 4.92 Å². The number of nitro groups is 1. The van der Waals surface area contributed by atoms with Gasteiger partial charge in [0.1, 0.15) is 5.75 Å². The molecule has 7 nitrogen and oxygen atoms in total. The topological polar surface area (TPSA) is 84.7 Å². The average molecular weight is 267 g/mol. The highest BCUT2D eigenvalue weighted by atomic mass is 16.6. The fraction of sp³-hybridized carbons (Fsp3) is 0.417. The second kappa shape index (κ2) is 6.69. The van der Waals surface area contributed by atoms with Crippen molar-refractivity contribution < 1.29 is 14.5 Å². The SMILES string of the molecule is CNCc1cc([N+](=O)[O-])ccc1OCC(=O)N(C)C. The van der Waals surface area contributed by atoms with Crippen LogP contribution in [0.25, 0.3) is 0 Å². The number of hydrogen-bond acceptors (Lipinski definition) is 5. The number of non-ortho nitro benzene ring substituents is 1. The maximum atomic E-state index is 11.4. The summed E-state index contributed by atoms with van der Waals surface area (Å²) in [7, 11) is 5.00. The van der Waals surface area contributed by atoms with Gasteiger partial charge in [-0.1, -0.05) is 0 Å². The first-order valence-corrected chi connectivity index (χ1v) is 5.70. The van der Waals surface area contributed by atoms with Crippen LogP contribution in [0.2, 0.25) is 0 Å². The summed E-state index contributed by atoms with van der Waals surface area (Å²) in [5.41, 5.74) is 0.639. The molecule has 0 aliphatic rings. The highest BCUT2D eigenvalue weighted by Gasteiger charge is 2.13. The van der Waals surface area contributed by atoms with E-state index in [2.05, 4.69) is 5.32 Å². The molecule has 0 heterocycles. The summed E-state index contributed by atoms with van der Waals surface area (Å²) >= 11 is 0. The molecule has 19 heavy (non-hydrogen) atoms. The molecule has 0 fully saturated rings. The zero-order valence-corrected chi connectivity index (χ0v) is 11.2. The van der Waals surface area contributed by atoms with Crippen molar-refractivity contribution in [1.82, 2.24) is 10.2 Å². The Balaban J connectivity index is 2.87. The summed E-state index contributed by atoms with van der Waals surface area (Å²) in [6.45, 7) is 0.328. The van der Waals surface area contributed by atoms with Crippen molar-refractivity contribution in [3.63, 3.8) is 0 Å². The quantitative estimate of drug-likeness (QED) is 0.608. The van der Waals surface area contributed by atoms with Crippen LogP contribution in [-0.4, -0.2) is 43.5 Å². The zero-order chi connectivity index (χ0) is 14.4. The highest BCUT2D eigenvalue weighted by Crippen LogP contribution is 2.24. The molecule has 1 aromatic carbocycles. The van der Waals surface area contributed by atoms with Gasteiger partial charge in [-0.15, -0.1) is 0 Å². The summed E-state index contributed by atoms with van der Waals surface area (Å²) in [4.78, 5) is 23.1. The van der Waals surface area contributed by atoms with Crippen LogP contribution in [-0.2, 0) is 11.3 Å². The van der Waals surface area contributed by atoms with Crippen molar-refractivity contribution in [3.05, 3.63) is 33.9 Å². The molecule has 0 atom stereocenters. The van der Waals surface area contributed by atoms with Crippen molar-refractivity contribution in [2.24, 2.45) is 0 Å². The van der Waals surface area contributed by atoms with E-state index in [1.54, 1.807) is 21.1 Å². The Morgan fingerprint density at radius 1 is 1.47 bits per heavy atom. The molecule has 7 heteroatoms. The van der Waals surface area contributed by atoms with Gasteiger partial charge in [-0.2, -0.15) is 0 Å². The van der Waals surface area contributed by atoms with E-state index in [9.17, 15) is 14.9 Å². The van der Waals surface area contributed by atoms with Crippen molar-refractivity contribution in [3.8, 4) is 5.75 Å². The first-order chi connectivity index (χ1) is 8.95. The van der Waals surface area contributed by atoms with Gasteiger partial charge in [-0.05, 0) is 13.1 Å². The Hall–Kier alpha value is -2.15. The third kappa shape index (κ3) is 4.22. The summed E-state index contributed by atoms with van der Waals surface area (Å²) in [5.74, 6) is 0.295. The van der Waals surface area contributed by atoms with Gasteiger partial charge in [0.2, 0.25) is 0 Å². The number of amides is 1. The molecule has 0 saturated carbocycles. The molecular formula is C12H17N3O4. The van der Waals surface area contributed by atoms with Crippen molar-refractivity contribution in [1.29, 1.82) is 0 Å². The number of likely N-dealkylation sites (N-methyl/N-ethyl adjacent to an activating group) is 1. The fourth-order valence-corrected chi connectivity index (χ4v) is 1.42. The molecule has 0 aliphatic heterocycles. The Morgan fingerprint density at radius 2 is 2.16 bits per heavy atom. The molecule has 0 aromatic heterocycles. The second-order valence-corrected chi connectivity index (χ2v) is 4.16. The van der Waals surface area contributed by atoms with E-state index in [4.69, 9.17) is 4.74 Å². The van der Waals surface area contributed by atoms with E-state index in [0.29, 0.717) is 17.9 Å². The van der Waals surface area contributed by atoms with Crippen molar-refractivity contribution in [2.45, 2.75) is 6.54 Å². The molecule has 0 aliphatic carbocycles. The van der Waals surface area contributed by atoms with Crippen molar-refractivity contribution in [2.75, 3.05) is 27.7 Å². The first-order valence-electron chi connectivity index (χ1n) is 5.70. The molecule has 1 N–H and O–H groups in total. The van der Waals surface area contributed by atoms with Crippen LogP contribution >= 0.6 is 0 Å². The molecule has 0 radical (unpaired) electrons. The Kier molecular flexibility index (Phi) is 5.25. The summed E-state index contributed by atoms with van der Waals surface area (Å²) in [6, 6.07) is 4.30. The third-order valence-electron chi connectivity index (χ3n) is 2.47. The predicted molar refractivity (Wildman–Crippen MR) is 70.0 cm³/mol. The van der Waals surface area contributed by atoms with E-state index < -0.39 is 4.92 Å². The lowest BCUT2D eigenvalue weighted by Gasteiger charge is -2.13. The van der Waals surface area contributed by atoms with Crippen LogP contribution < -0.4 is 10.1 Å². The van der Waals surface area contributed by atoms with E-state index in [1.165, 1.54) is 23.1 Å². The minimum Gasteiger partial charge on any atom is -0.483 e. The molecule has 0 unspecified atom stereocenters. The second-order valence-electron chi connectivity index (χ2n) is 4.16. The van der Waals surface area contributed by atoms with Gasteiger partial charge in [0.15, 0.2) is 6.61 Å². The Bertz CT molecular complexity index is 474. The molecule has 104 valence electrons. The van der Waals surface area contributed by atoms with Gasteiger partial charge in [0, 0.05) is 38.3 Å². The summed E-state index contributed by atoms with van der Waals surface area (Å²) < 4.78 is 5.39. The smallest absolute Gasteiger partial charge is 0.270 e. The minimum absolute atomic E-state index is 0.00321. The largest absolute Gasteiger partial charge is 0.483 e. The number of carbonyl (C=O) groups is 1. The van der Waals surface area contributed by atoms with E-state index >= 15 is 0 Å². The molecule has 1 aromatic rings. The maximum absolute atomic E-state index is 11.4. The summed E-state index contributed by atoms with van der Waals surface area (Å²) in [5, 5.41) is 13.6.